The highest BCUT2D eigenvalue weighted by molar-refractivity contribution is 7.98. The average Bonchev–Trinajstić information content (AvgIpc) is 3.23. The Labute approximate surface area is 132 Å². The zero-order chi connectivity index (χ0) is 14.1. The van der Waals surface area contributed by atoms with Crippen LogP contribution in [0.25, 0.3) is 21.6 Å². The third-order valence-electron chi connectivity index (χ3n) is 2.81. The Bertz CT molecular complexity index is 868. The van der Waals surface area contributed by atoms with Gasteiger partial charge in [0.1, 0.15) is 16.2 Å². The summed E-state index contributed by atoms with van der Waals surface area (Å²) in [4.78, 5) is 14.0. The number of hydrogen-bond acceptors (Lipinski definition) is 8. The molecule has 0 spiro atoms. The predicted octanol–water partition coefficient (Wildman–Crippen LogP) is 4.10. The van der Waals surface area contributed by atoms with E-state index in [2.05, 4.69) is 20.1 Å². The molecule has 0 atom stereocenters. The van der Waals surface area contributed by atoms with E-state index >= 15 is 0 Å². The lowest BCUT2D eigenvalue weighted by Gasteiger charge is -1.98. The maximum atomic E-state index is 5.29. The van der Waals surface area contributed by atoms with Crippen LogP contribution >= 0.6 is 34.4 Å². The average molecular weight is 332 g/mol. The van der Waals surface area contributed by atoms with E-state index in [9.17, 15) is 0 Å². The molecule has 4 heterocycles. The smallest absolute Gasteiger partial charge is 0.237 e. The van der Waals surface area contributed by atoms with E-state index in [1.54, 1.807) is 40.8 Å². The molecule has 4 rings (SSSR count). The Morgan fingerprint density at radius 1 is 1.19 bits per heavy atom. The number of thiophene rings is 2. The van der Waals surface area contributed by atoms with Crippen LogP contribution in [0.3, 0.4) is 0 Å². The van der Waals surface area contributed by atoms with Crippen LogP contribution in [-0.4, -0.2) is 20.1 Å². The van der Waals surface area contributed by atoms with Gasteiger partial charge in [0.05, 0.1) is 5.75 Å². The molecule has 5 nitrogen and oxygen atoms in total. The zero-order valence-electron chi connectivity index (χ0n) is 10.6. The first-order valence-corrected chi connectivity index (χ1v) is 8.87. The van der Waals surface area contributed by atoms with Gasteiger partial charge < -0.3 is 4.52 Å². The van der Waals surface area contributed by atoms with E-state index in [0.29, 0.717) is 17.5 Å². The molecule has 0 N–H and O–H groups in total. The molecule has 4 aromatic heterocycles. The van der Waals surface area contributed by atoms with Crippen molar-refractivity contribution in [1.82, 2.24) is 20.1 Å². The molecule has 104 valence electrons. The molecule has 0 aliphatic carbocycles. The molecule has 21 heavy (non-hydrogen) atoms. The van der Waals surface area contributed by atoms with E-state index < -0.39 is 0 Å². The van der Waals surface area contributed by atoms with Gasteiger partial charge in [-0.1, -0.05) is 16.9 Å². The number of thioether (sulfide) groups is 1. The highest BCUT2D eigenvalue weighted by Crippen LogP contribution is 2.30. The summed E-state index contributed by atoms with van der Waals surface area (Å²) in [5, 5.41) is 12.0. The Morgan fingerprint density at radius 3 is 3.10 bits per heavy atom. The Hall–Kier alpha value is -1.77. The quantitative estimate of drug-likeness (QED) is 0.414. The fraction of sp³-hybridized carbons (Fsp3) is 0.0769. The fourth-order valence-electron chi connectivity index (χ4n) is 1.83. The number of fused-ring (bicyclic) bond motifs is 1. The first-order valence-electron chi connectivity index (χ1n) is 6.06. The monoisotopic (exact) mass is 332 g/mol. The van der Waals surface area contributed by atoms with E-state index in [0.717, 1.165) is 20.8 Å². The molecule has 0 radical (unpaired) electrons. The predicted molar refractivity (Wildman–Crippen MR) is 84.6 cm³/mol. The molecule has 0 saturated carbocycles. The minimum absolute atomic E-state index is 0.596. The van der Waals surface area contributed by atoms with Crippen molar-refractivity contribution in [2.45, 2.75) is 10.8 Å². The second-order valence-corrected chi connectivity index (χ2v) is 6.77. The summed E-state index contributed by atoms with van der Waals surface area (Å²) in [6.45, 7) is 0. The van der Waals surface area contributed by atoms with E-state index in [1.807, 2.05) is 28.3 Å². The molecule has 0 fully saturated rings. The molecule has 0 aromatic carbocycles. The molecule has 0 saturated heterocycles. The molecule has 8 heteroatoms. The van der Waals surface area contributed by atoms with Gasteiger partial charge in [-0.3, -0.25) is 0 Å². The van der Waals surface area contributed by atoms with Crippen molar-refractivity contribution < 1.29 is 4.52 Å². The first-order chi connectivity index (χ1) is 10.4. The Kier molecular flexibility index (Phi) is 3.42. The zero-order valence-corrected chi connectivity index (χ0v) is 13.0. The lowest BCUT2D eigenvalue weighted by Crippen LogP contribution is -1.86. The topological polar surface area (TPSA) is 64.7 Å². The highest BCUT2D eigenvalue weighted by Gasteiger charge is 2.11. The van der Waals surface area contributed by atoms with E-state index in [4.69, 9.17) is 4.52 Å². The SMILES string of the molecule is c1nc(SCc2nc(-c3ccsc3)no2)c2ccsc2n1. The highest BCUT2D eigenvalue weighted by atomic mass is 32.2. The van der Waals surface area contributed by atoms with E-state index in [1.165, 1.54) is 0 Å². The molecule has 4 aromatic rings. The summed E-state index contributed by atoms with van der Waals surface area (Å²) in [5.74, 6) is 1.83. The minimum Gasteiger partial charge on any atom is -0.338 e. The normalized spacial score (nSPS) is 11.2. The maximum Gasteiger partial charge on any atom is 0.237 e. The fourth-order valence-corrected chi connectivity index (χ4v) is 4.09. The van der Waals surface area contributed by atoms with Crippen LogP contribution < -0.4 is 0 Å². The molecule has 0 aliphatic heterocycles. The van der Waals surface area contributed by atoms with Crippen LogP contribution in [0.4, 0.5) is 0 Å². The van der Waals surface area contributed by atoms with Crippen molar-refractivity contribution in [2.75, 3.05) is 0 Å². The number of hydrogen-bond donors (Lipinski definition) is 0. The standard InChI is InChI=1S/C13H8N4OS3/c1-3-19-5-8(1)11-16-10(18-17-11)6-21-13-9-2-4-20-12(9)14-7-15-13/h1-5,7H,6H2. The summed E-state index contributed by atoms with van der Waals surface area (Å²) in [6.07, 6.45) is 1.59. The van der Waals surface area contributed by atoms with Crippen LogP contribution in [0.5, 0.6) is 0 Å². The van der Waals surface area contributed by atoms with Crippen LogP contribution in [0.15, 0.2) is 44.1 Å². The van der Waals surface area contributed by atoms with Gasteiger partial charge in [-0.15, -0.1) is 11.3 Å². The molecule has 0 unspecified atom stereocenters. The van der Waals surface area contributed by atoms with E-state index in [-0.39, 0.29) is 0 Å². The van der Waals surface area contributed by atoms with Gasteiger partial charge in [-0.2, -0.15) is 16.3 Å². The summed E-state index contributed by atoms with van der Waals surface area (Å²) in [5.41, 5.74) is 0.988. The van der Waals surface area contributed by atoms with Crippen LogP contribution in [0.1, 0.15) is 5.89 Å². The molecule has 0 amide bonds. The summed E-state index contributed by atoms with van der Waals surface area (Å²) < 4.78 is 5.29. The van der Waals surface area contributed by atoms with Crippen molar-refractivity contribution in [2.24, 2.45) is 0 Å². The van der Waals surface area contributed by atoms with Crippen molar-refractivity contribution >= 4 is 44.7 Å². The summed E-state index contributed by atoms with van der Waals surface area (Å²) in [6, 6.07) is 4.01. The summed E-state index contributed by atoms with van der Waals surface area (Å²) in [7, 11) is 0. The Balaban J connectivity index is 1.53. The van der Waals surface area contributed by atoms with Crippen LogP contribution in [0.2, 0.25) is 0 Å². The van der Waals surface area contributed by atoms with Gasteiger partial charge in [0, 0.05) is 16.3 Å². The minimum atomic E-state index is 0.596. The maximum absolute atomic E-state index is 5.29. The number of nitrogens with zero attached hydrogens (tertiary/aromatic N) is 4. The van der Waals surface area contributed by atoms with Gasteiger partial charge in [-0.05, 0) is 22.9 Å². The number of rotatable bonds is 4. The van der Waals surface area contributed by atoms with Gasteiger partial charge in [0.15, 0.2) is 0 Å². The molecule has 0 bridgehead atoms. The van der Waals surface area contributed by atoms with Gasteiger partial charge in [-0.25, -0.2) is 9.97 Å². The molecule has 0 aliphatic rings. The Morgan fingerprint density at radius 2 is 2.19 bits per heavy atom. The second-order valence-electron chi connectivity index (χ2n) is 4.13. The van der Waals surface area contributed by atoms with Crippen molar-refractivity contribution in [3.63, 3.8) is 0 Å². The van der Waals surface area contributed by atoms with Crippen molar-refractivity contribution in [3.05, 3.63) is 40.5 Å². The van der Waals surface area contributed by atoms with Crippen molar-refractivity contribution in [1.29, 1.82) is 0 Å². The number of aromatic nitrogens is 4. The lowest BCUT2D eigenvalue weighted by atomic mass is 10.3. The van der Waals surface area contributed by atoms with Crippen LogP contribution in [0, 0.1) is 0 Å². The molecular formula is C13H8N4OS3. The van der Waals surface area contributed by atoms with Crippen molar-refractivity contribution in [3.8, 4) is 11.4 Å². The van der Waals surface area contributed by atoms with Crippen LogP contribution in [-0.2, 0) is 5.75 Å². The summed E-state index contributed by atoms with van der Waals surface area (Å²) >= 11 is 4.80. The first kappa shape index (κ1) is 12.9. The van der Waals surface area contributed by atoms with Gasteiger partial charge in [0.25, 0.3) is 0 Å². The largest absolute Gasteiger partial charge is 0.338 e. The van der Waals surface area contributed by atoms with Gasteiger partial charge >= 0.3 is 0 Å². The third kappa shape index (κ3) is 2.57. The molecular weight excluding hydrogens is 324 g/mol. The third-order valence-corrected chi connectivity index (χ3v) is 5.30. The lowest BCUT2D eigenvalue weighted by molar-refractivity contribution is 0.391. The van der Waals surface area contributed by atoms with Gasteiger partial charge in [0.2, 0.25) is 11.7 Å². The second kappa shape index (κ2) is 5.55.